The van der Waals surface area contributed by atoms with Crippen molar-refractivity contribution in [3.05, 3.63) is 82.5 Å². The molecule has 3 aromatic rings. The summed E-state index contributed by atoms with van der Waals surface area (Å²) in [6.45, 7) is 1.76. The van der Waals surface area contributed by atoms with E-state index in [4.69, 9.17) is 0 Å². The maximum atomic E-state index is 14.0. The van der Waals surface area contributed by atoms with Crippen LogP contribution in [0.3, 0.4) is 0 Å². The molecule has 0 aliphatic carbocycles. The molecule has 1 aliphatic rings. The summed E-state index contributed by atoms with van der Waals surface area (Å²) in [4.78, 5) is 25.6. The normalized spacial score (nSPS) is 18.1. The van der Waals surface area contributed by atoms with Gasteiger partial charge in [0, 0.05) is 24.1 Å². The van der Waals surface area contributed by atoms with Gasteiger partial charge in [-0.2, -0.15) is 5.10 Å². The van der Waals surface area contributed by atoms with Crippen LogP contribution in [-0.4, -0.2) is 27.6 Å². The number of rotatable bonds is 3. The van der Waals surface area contributed by atoms with Crippen molar-refractivity contribution in [3.8, 4) is 0 Å². The molecular formula is C21H18F2N4O2. The summed E-state index contributed by atoms with van der Waals surface area (Å²) in [6, 6.07) is 10.9. The third-order valence-corrected chi connectivity index (χ3v) is 5.06. The number of nitrogens with one attached hydrogen (secondary N) is 2. The summed E-state index contributed by atoms with van der Waals surface area (Å²) in [5.41, 5.74) is 2.03. The van der Waals surface area contributed by atoms with Crippen molar-refractivity contribution in [3.63, 3.8) is 0 Å². The van der Waals surface area contributed by atoms with Gasteiger partial charge in [0.05, 0.1) is 5.69 Å². The molecule has 1 aliphatic heterocycles. The highest BCUT2D eigenvalue weighted by Crippen LogP contribution is 2.39. The van der Waals surface area contributed by atoms with Crippen molar-refractivity contribution in [2.75, 3.05) is 5.32 Å². The first-order valence-corrected chi connectivity index (χ1v) is 9.02. The third kappa shape index (κ3) is 3.26. The van der Waals surface area contributed by atoms with Crippen molar-refractivity contribution < 1.29 is 18.4 Å². The number of carbonyl (C=O) groups is 2. The van der Waals surface area contributed by atoms with Gasteiger partial charge in [0.1, 0.15) is 11.9 Å². The van der Waals surface area contributed by atoms with Gasteiger partial charge in [0.2, 0.25) is 5.91 Å². The zero-order valence-corrected chi connectivity index (χ0v) is 15.7. The van der Waals surface area contributed by atoms with Gasteiger partial charge in [-0.25, -0.2) is 8.78 Å². The molecule has 148 valence electrons. The highest BCUT2D eigenvalue weighted by molar-refractivity contribution is 6.03. The van der Waals surface area contributed by atoms with E-state index in [-0.39, 0.29) is 0 Å². The number of aryl methyl sites for hydroxylation is 2. The zero-order valence-electron chi connectivity index (χ0n) is 15.7. The number of halogens is 2. The van der Waals surface area contributed by atoms with E-state index in [9.17, 15) is 18.4 Å². The summed E-state index contributed by atoms with van der Waals surface area (Å²) >= 11 is 0. The van der Waals surface area contributed by atoms with Crippen molar-refractivity contribution in [1.82, 2.24) is 15.1 Å². The second-order valence-electron chi connectivity index (χ2n) is 6.93. The number of nitrogens with zero attached hydrogens (tertiary/aromatic N) is 2. The molecule has 6 nitrogen and oxygen atoms in total. The molecule has 2 amide bonds. The van der Waals surface area contributed by atoms with Crippen molar-refractivity contribution in [2.24, 2.45) is 7.05 Å². The Morgan fingerprint density at radius 1 is 1.14 bits per heavy atom. The zero-order chi connectivity index (χ0) is 20.7. The van der Waals surface area contributed by atoms with E-state index in [1.807, 2.05) is 0 Å². The van der Waals surface area contributed by atoms with E-state index in [0.717, 1.165) is 12.1 Å². The molecule has 0 radical (unpaired) electrons. The Kier molecular flexibility index (Phi) is 4.62. The van der Waals surface area contributed by atoms with E-state index >= 15 is 0 Å². The third-order valence-electron chi connectivity index (χ3n) is 5.06. The van der Waals surface area contributed by atoms with Gasteiger partial charge in [0.25, 0.3) is 5.91 Å². The molecule has 0 unspecified atom stereocenters. The lowest BCUT2D eigenvalue weighted by Gasteiger charge is -2.32. The smallest absolute Gasteiger partial charge is 0.251 e. The molecule has 2 atom stereocenters. The fourth-order valence-corrected chi connectivity index (χ4v) is 3.74. The summed E-state index contributed by atoms with van der Waals surface area (Å²) in [7, 11) is 1.68. The average Bonchev–Trinajstić information content (AvgIpc) is 2.98. The van der Waals surface area contributed by atoms with Gasteiger partial charge in [-0.1, -0.05) is 24.3 Å². The number of anilines is 1. The maximum absolute atomic E-state index is 14.0. The Morgan fingerprint density at radius 3 is 2.55 bits per heavy atom. The molecule has 4 rings (SSSR count). The predicted octanol–water partition coefficient (Wildman–Crippen LogP) is 2.89. The van der Waals surface area contributed by atoms with Crippen LogP contribution >= 0.6 is 0 Å². The minimum absolute atomic E-state index is 0.370. The van der Waals surface area contributed by atoms with Crippen LogP contribution in [0, 0.1) is 18.6 Å². The molecule has 0 saturated carbocycles. The van der Waals surface area contributed by atoms with Gasteiger partial charge in [-0.15, -0.1) is 0 Å². The van der Waals surface area contributed by atoms with Gasteiger partial charge in [-0.3, -0.25) is 14.3 Å². The Bertz CT molecular complexity index is 1110. The van der Waals surface area contributed by atoms with Crippen LogP contribution in [0.5, 0.6) is 0 Å². The molecule has 0 spiro atoms. The molecule has 1 aromatic heterocycles. The van der Waals surface area contributed by atoms with Gasteiger partial charge in [-0.05, 0) is 36.8 Å². The first-order chi connectivity index (χ1) is 13.9. The van der Waals surface area contributed by atoms with E-state index in [2.05, 4.69) is 15.7 Å². The van der Waals surface area contributed by atoms with E-state index in [0.29, 0.717) is 28.2 Å². The number of amides is 2. The van der Waals surface area contributed by atoms with Crippen LogP contribution in [0.25, 0.3) is 0 Å². The highest BCUT2D eigenvalue weighted by atomic mass is 19.2. The molecule has 8 heteroatoms. The van der Waals surface area contributed by atoms with Gasteiger partial charge >= 0.3 is 0 Å². The number of fused-ring (bicyclic) bond motifs is 1. The fraction of sp³-hybridized carbons (Fsp3) is 0.190. The minimum atomic E-state index is -1.03. The van der Waals surface area contributed by atoms with Crippen molar-refractivity contribution in [1.29, 1.82) is 0 Å². The van der Waals surface area contributed by atoms with Crippen LogP contribution < -0.4 is 10.6 Å². The number of benzene rings is 2. The number of carbonyl (C=O) groups excluding carboxylic acids is 2. The van der Waals surface area contributed by atoms with Crippen molar-refractivity contribution >= 4 is 17.6 Å². The fourth-order valence-electron chi connectivity index (χ4n) is 3.74. The SMILES string of the molecule is Cc1nn(C)c2c1[C@@H](c1ccc(F)c(F)c1)[C@H](NC(=O)c1ccccc1)C(=O)N2. The van der Waals surface area contributed by atoms with Gasteiger partial charge in [0.15, 0.2) is 11.6 Å². The summed E-state index contributed by atoms with van der Waals surface area (Å²) in [6.07, 6.45) is 0. The minimum Gasteiger partial charge on any atom is -0.339 e. The van der Waals surface area contributed by atoms with Crippen LogP contribution in [0.15, 0.2) is 48.5 Å². The Balaban J connectivity index is 1.81. The number of hydrogen-bond donors (Lipinski definition) is 2. The second-order valence-corrected chi connectivity index (χ2v) is 6.93. The molecule has 2 N–H and O–H groups in total. The molecule has 0 fully saturated rings. The first kappa shape index (κ1) is 18.8. The summed E-state index contributed by atoms with van der Waals surface area (Å²) < 4.78 is 29.0. The Morgan fingerprint density at radius 2 is 1.86 bits per heavy atom. The summed E-state index contributed by atoms with van der Waals surface area (Å²) in [5, 5.41) is 9.84. The van der Waals surface area contributed by atoms with Crippen LogP contribution in [0.4, 0.5) is 14.6 Å². The maximum Gasteiger partial charge on any atom is 0.251 e. The van der Waals surface area contributed by atoms with Crippen molar-refractivity contribution in [2.45, 2.75) is 18.9 Å². The quantitative estimate of drug-likeness (QED) is 0.715. The van der Waals surface area contributed by atoms with E-state index in [1.54, 1.807) is 44.3 Å². The summed E-state index contributed by atoms with van der Waals surface area (Å²) in [5.74, 6) is -3.17. The predicted molar refractivity (Wildman–Crippen MR) is 102 cm³/mol. The van der Waals surface area contributed by atoms with Gasteiger partial charge < -0.3 is 10.6 Å². The Labute approximate surface area is 165 Å². The lowest BCUT2D eigenvalue weighted by atomic mass is 9.81. The largest absolute Gasteiger partial charge is 0.339 e. The van der Waals surface area contributed by atoms with Crippen LogP contribution in [-0.2, 0) is 11.8 Å². The average molecular weight is 396 g/mol. The number of aromatic nitrogens is 2. The molecular weight excluding hydrogens is 378 g/mol. The lowest BCUT2D eigenvalue weighted by molar-refractivity contribution is -0.118. The molecule has 29 heavy (non-hydrogen) atoms. The Hall–Kier alpha value is -3.55. The highest BCUT2D eigenvalue weighted by Gasteiger charge is 2.41. The molecule has 0 saturated heterocycles. The van der Waals surface area contributed by atoms with Crippen LogP contribution in [0.1, 0.15) is 33.1 Å². The first-order valence-electron chi connectivity index (χ1n) is 9.02. The second kappa shape index (κ2) is 7.12. The van der Waals surface area contributed by atoms with E-state index < -0.39 is 35.4 Å². The molecule has 0 bridgehead atoms. The lowest BCUT2D eigenvalue weighted by Crippen LogP contribution is -2.50. The van der Waals surface area contributed by atoms with E-state index in [1.165, 1.54) is 10.7 Å². The topological polar surface area (TPSA) is 76.0 Å². The van der Waals surface area contributed by atoms with Crippen LogP contribution in [0.2, 0.25) is 0 Å². The monoisotopic (exact) mass is 396 g/mol. The molecule has 2 aromatic carbocycles. The standard InChI is InChI=1S/C21H18F2N4O2/c1-11-16-17(13-8-9-14(22)15(23)10-13)18(21(29)25-19(16)27(2)26-11)24-20(28)12-6-4-3-5-7-12/h3-10,17-18H,1-2H3,(H,24,28)(H,25,29)/t17-,18+/m1/s1. The number of hydrogen-bond acceptors (Lipinski definition) is 3. The molecule has 2 heterocycles.